The van der Waals surface area contributed by atoms with Crippen LogP contribution >= 0.6 is 0 Å². The van der Waals surface area contributed by atoms with Gasteiger partial charge in [-0.05, 0) is 25.1 Å². The first-order valence-corrected chi connectivity index (χ1v) is 12.4. The molecule has 9 atom stereocenters. The first kappa shape index (κ1) is 28.8. The average Bonchev–Trinajstić information content (AvgIpc) is 2.93. The second kappa shape index (κ2) is 11.0. The van der Waals surface area contributed by atoms with Gasteiger partial charge in [-0.3, -0.25) is 4.79 Å². The molecule has 2 aliphatic rings. The van der Waals surface area contributed by atoms with E-state index >= 15 is 0 Å². The van der Waals surface area contributed by atoms with E-state index < -0.39 is 95.7 Å². The number of aromatic hydroxyl groups is 3. The van der Waals surface area contributed by atoms with Crippen molar-refractivity contribution in [2.24, 2.45) is 0 Å². The highest BCUT2D eigenvalue weighted by Crippen LogP contribution is 2.39. The van der Waals surface area contributed by atoms with E-state index in [2.05, 4.69) is 0 Å². The summed E-state index contributed by atoms with van der Waals surface area (Å²) >= 11 is 0. The molecule has 9 unspecified atom stereocenters. The largest absolute Gasteiger partial charge is 0.507 e. The number of hydrogen-bond donors (Lipinski definition) is 9. The molecule has 2 fully saturated rings. The molecular weight excluding hydrogens is 552 g/mol. The van der Waals surface area contributed by atoms with Gasteiger partial charge in [0.2, 0.25) is 23.8 Å². The van der Waals surface area contributed by atoms with Gasteiger partial charge in [-0.2, -0.15) is 0 Å². The van der Waals surface area contributed by atoms with Crippen LogP contribution in [0.15, 0.2) is 39.5 Å². The molecule has 15 nitrogen and oxygen atoms in total. The topological polar surface area (TPSA) is 249 Å². The molecule has 2 saturated heterocycles. The Labute approximate surface area is 230 Å². The number of aliphatic hydroxyl groups is 6. The fraction of sp³-hybridized carbons (Fsp3) is 0.423. The van der Waals surface area contributed by atoms with Crippen molar-refractivity contribution >= 4 is 11.0 Å². The Morgan fingerprint density at radius 2 is 1.49 bits per heavy atom. The minimum absolute atomic E-state index is 0.00274. The second-order valence-electron chi connectivity index (χ2n) is 9.78. The Balaban J connectivity index is 1.60. The lowest BCUT2D eigenvalue weighted by molar-refractivity contribution is -0.268. The van der Waals surface area contributed by atoms with Crippen LogP contribution in [0.4, 0.5) is 0 Å². The maximum Gasteiger partial charge on any atom is 0.239 e. The summed E-state index contributed by atoms with van der Waals surface area (Å²) in [7, 11) is 0. The van der Waals surface area contributed by atoms with Gasteiger partial charge in [0.15, 0.2) is 17.3 Å². The third-order valence-electron chi connectivity index (χ3n) is 6.89. The fourth-order valence-electron chi connectivity index (χ4n) is 4.53. The molecule has 0 saturated carbocycles. The lowest BCUT2D eigenvalue weighted by atomic mass is 10.00. The van der Waals surface area contributed by atoms with E-state index in [0.29, 0.717) is 0 Å². The predicted octanol–water partition coefficient (Wildman–Crippen LogP) is -1.40. The highest BCUT2D eigenvalue weighted by atomic mass is 16.7. The van der Waals surface area contributed by atoms with Crippen molar-refractivity contribution in [2.45, 2.75) is 62.2 Å². The van der Waals surface area contributed by atoms with E-state index in [0.717, 1.165) is 24.3 Å². The first-order chi connectivity index (χ1) is 19.4. The van der Waals surface area contributed by atoms with Crippen LogP contribution < -0.4 is 14.9 Å². The molecule has 2 aromatic carbocycles. The van der Waals surface area contributed by atoms with Gasteiger partial charge in [-0.25, -0.2) is 0 Å². The van der Waals surface area contributed by atoms with Crippen LogP contribution in [-0.4, -0.2) is 108 Å². The van der Waals surface area contributed by atoms with Crippen LogP contribution in [0, 0.1) is 0 Å². The molecular formula is C26H28O15. The van der Waals surface area contributed by atoms with Crippen LogP contribution in [0.2, 0.25) is 0 Å². The van der Waals surface area contributed by atoms with Crippen molar-refractivity contribution in [3.63, 3.8) is 0 Å². The van der Waals surface area contributed by atoms with E-state index in [4.69, 9.17) is 23.4 Å². The van der Waals surface area contributed by atoms with Crippen molar-refractivity contribution < 1.29 is 69.3 Å². The molecule has 0 bridgehead atoms. The summed E-state index contributed by atoms with van der Waals surface area (Å²) in [6.07, 6.45) is -13.6. The predicted molar refractivity (Wildman–Crippen MR) is 134 cm³/mol. The van der Waals surface area contributed by atoms with Crippen LogP contribution in [0.5, 0.6) is 28.7 Å². The van der Waals surface area contributed by atoms with Crippen molar-refractivity contribution in [1.29, 1.82) is 0 Å². The Morgan fingerprint density at radius 1 is 0.780 bits per heavy atom. The molecule has 222 valence electrons. The van der Waals surface area contributed by atoms with Gasteiger partial charge in [0.05, 0.1) is 12.7 Å². The standard InChI is InChI=1S/C26H28O15/c1-8-17(31)20(34)22(36)26(38-8)39-10-5-13(29)16-15(6-10)40-23(9-2-3-11(27)12(28)4-9)24(19(16)33)41-25-21(35)18(32)14(30)7-37-25/h2-6,8,14,17-18,20-22,25-32,34-36H,7H2,1H3. The molecule has 3 heterocycles. The molecule has 41 heavy (non-hydrogen) atoms. The maximum absolute atomic E-state index is 13.6. The van der Waals surface area contributed by atoms with Gasteiger partial charge in [-0.1, -0.05) is 0 Å². The molecule has 15 heteroatoms. The zero-order chi connectivity index (χ0) is 29.7. The maximum atomic E-state index is 13.6. The van der Waals surface area contributed by atoms with Crippen LogP contribution in [0.1, 0.15) is 6.92 Å². The van der Waals surface area contributed by atoms with Crippen molar-refractivity contribution in [3.8, 4) is 40.1 Å². The van der Waals surface area contributed by atoms with Crippen molar-refractivity contribution in [1.82, 2.24) is 0 Å². The quantitative estimate of drug-likeness (QED) is 0.157. The molecule has 9 N–H and O–H groups in total. The first-order valence-electron chi connectivity index (χ1n) is 12.4. The van der Waals surface area contributed by atoms with Gasteiger partial charge in [-0.15, -0.1) is 0 Å². The summed E-state index contributed by atoms with van der Waals surface area (Å²) in [4.78, 5) is 13.6. The molecule has 5 rings (SSSR count). The van der Waals surface area contributed by atoms with Gasteiger partial charge in [0, 0.05) is 17.7 Å². The smallest absolute Gasteiger partial charge is 0.239 e. The highest BCUT2D eigenvalue weighted by molar-refractivity contribution is 5.88. The number of aliphatic hydroxyl groups excluding tert-OH is 6. The average molecular weight is 580 g/mol. The van der Waals surface area contributed by atoms with Crippen LogP contribution in [-0.2, 0) is 9.47 Å². The summed E-state index contributed by atoms with van der Waals surface area (Å²) in [6, 6.07) is 5.57. The lowest BCUT2D eigenvalue weighted by Crippen LogP contribution is -2.58. The van der Waals surface area contributed by atoms with E-state index in [1.165, 1.54) is 13.0 Å². The summed E-state index contributed by atoms with van der Waals surface area (Å²) in [5.74, 6) is -2.88. The van der Waals surface area contributed by atoms with Crippen molar-refractivity contribution in [2.75, 3.05) is 6.61 Å². The molecule has 0 aliphatic carbocycles. The summed E-state index contributed by atoms with van der Waals surface area (Å²) in [5.41, 5.74) is -1.25. The second-order valence-corrected chi connectivity index (χ2v) is 9.78. The van der Waals surface area contributed by atoms with Crippen LogP contribution in [0.25, 0.3) is 22.3 Å². The third kappa shape index (κ3) is 5.25. The highest BCUT2D eigenvalue weighted by Gasteiger charge is 2.43. The Hall–Kier alpha value is -3.67. The SMILES string of the molecule is CC1OC(Oc2cc(O)c3c(=O)c(OC4OCC(O)C(O)C4O)c(-c4ccc(O)c(O)c4)oc3c2)C(O)C(O)C1O. The Kier molecular flexibility index (Phi) is 7.71. The molecule has 0 spiro atoms. The zero-order valence-corrected chi connectivity index (χ0v) is 21.3. The number of phenols is 3. The normalized spacial score (nSPS) is 32.1. The van der Waals surface area contributed by atoms with Gasteiger partial charge in [0.1, 0.15) is 59.1 Å². The van der Waals surface area contributed by atoms with E-state index in [-0.39, 0.29) is 22.7 Å². The number of phenolic OH excluding ortho intramolecular Hbond substituents is 3. The fourth-order valence-corrected chi connectivity index (χ4v) is 4.53. The Morgan fingerprint density at radius 3 is 2.20 bits per heavy atom. The number of benzene rings is 2. The molecule has 3 aromatic rings. The molecule has 0 amide bonds. The van der Waals surface area contributed by atoms with Gasteiger partial charge >= 0.3 is 0 Å². The number of fused-ring (bicyclic) bond motifs is 1. The number of rotatable bonds is 5. The zero-order valence-electron chi connectivity index (χ0n) is 21.3. The van der Waals surface area contributed by atoms with Gasteiger partial charge < -0.3 is 69.3 Å². The number of hydrogen-bond acceptors (Lipinski definition) is 15. The summed E-state index contributed by atoms with van der Waals surface area (Å²) < 4.78 is 27.7. The summed E-state index contributed by atoms with van der Waals surface area (Å²) in [6.45, 7) is 1.00. The molecule has 1 aromatic heterocycles. The molecule has 0 radical (unpaired) electrons. The van der Waals surface area contributed by atoms with Crippen LogP contribution in [0.3, 0.4) is 0 Å². The minimum Gasteiger partial charge on any atom is -0.507 e. The van der Waals surface area contributed by atoms with Gasteiger partial charge in [0.25, 0.3) is 0 Å². The molecule has 2 aliphatic heterocycles. The third-order valence-corrected chi connectivity index (χ3v) is 6.89. The number of ether oxygens (including phenoxy) is 4. The van der Waals surface area contributed by atoms with Crippen molar-refractivity contribution in [3.05, 3.63) is 40.6 Å². The van der Waals surface area contributed by atoms with E-state index in [1.807, 2.05) is 0 Å². The Bertz CT molecular complexity index is 1490. The lowest BCUT2D eigenvalue weighted by Gasteiger charge is -2.38. The summed E-state index contributed by atoms with van der Waals surface area (Å²) in [5, 5.41) is 90.5. The van der Waals surface area contributed by atoms with E-state index in [1.54, 1.807) is 0 Å². The van der Waals surface area contributed by atoms with E-state index in [9.17, 15) is 50.8 Å². The monoisotopic (exact) mass is 580 g/mol. The minimum atomic E-state index is -1.79.